The minimum atomic E-state index is -0.821. The van der Waals surface area contributed by atoms with Crippen LogP contribution in [0.4, 0.5) is 0 Å². The van der Waals surface area contributed by atoms with E-state index in [1.54, 1.807) is 0 Å². The van der Waals surface area contributed by atoms with E-state index in [1.165, 1.54) is 0 Å². The molecule has 0 bridgehead atoms. The number of carboxylic acids is 1. The summed E-state index contributed by atoms with van der Waals surface area (Å²) in [6, 6.07) is 0. The van der Waals surface area contributed by atoms with Gasteiger partial charge in [-0.2, -0.15) is 0 Å². The van der Waals surface area contributed by atoms with Crippen LogP contribution in [-0.2, 0) is 14.3 Å². The number of amides is 1. The molecule has 0 aromatic rings. The largest absolute Gasteiger partial charge is 0.481 e. The second kappa shape index (κ2) is 9.03. The predicted molar refractivity (Wildman–Crippen MR) is 80.9 cm³/mol. The summed E-state index contributed by atoms with van der Waals surface area (Å²) in [4.78, 5) is 23.4. The third kappa shape index (κ3) is 6.04. The van der Waals surface area contributed by atoms with E-state index in [0.29, 0.717) is 31.5 Å². The average molecular weight is 299 g/mol. The lowest BCUT2D eigenvalue weighted by molar-refractivity contribution is -0.145. The van der Waals surface area contributed by atoms with Crippen LogP contribution >= 0.6 is 0 Å². The summed E-state index contributed by atoms with van der Waals surface area (Å²) in [5, 5.41) is 12.2. The van der Waals surface area contributed by atoms with Gasteiger partial charge in [-0.25, -0.2) is 0 Å². The Kier molecular flexibility index (Phi) is 7.72. The number of carbonyl (C=O) groups excluding carboxylic acids is 1. The molecular weight excluding hydrogens is 270 g/mol. The van der Waals surface area contributed by atoms with E-state index in [9.17, 15) is 14.7 Å². The van der Waals surface area contributed by atoms with Gasteiger partial charge in [0, 0.05) is 26.2 Å². The van der Waals surface area contributed by atoms with E-state index in [1.807, 2.05) is 0 Å². The topological polar surface area (TPSA) is 75.6 Å². The third-order valence-corrected chi connectivity index (χ3v) is 4.59. The molecule has 5 heteroatoms. The summed E-state index contributed by atoms with van der Waals surface area (Å²) in [6.07, 6.45) is 2.97. The molecule has 0 aromatic heterocycles. The lowest BCUT2D eigenvalue weighted by atomic mass is 9.85. The van der Waals surface area contributed by atoms with Gasteiger partial charge < -0.3 is 15.2 Å². The van der Waals surface area contributed by atoms with Crippen LogP contribution in [0, 0.1) is 23.7 Å². The van der Waals surface area contributed by atoms with E-state index in [4.69, 9.17) is 4.74 Å². The Morgan fingerprint density at radius 1 is 1.29 bits per heavy atom. The van der Waals surface area contributed by atoms with Gasteiger partial charge >= 0.3 is 5.97 Å². The number of hydrogen-bond acceptors (Lipinski definition) is 3. The first-order valence-electron chi connectivity index (χ1n) is 8.02. The van der Waals surface area contributed by atoms with Gasteiger partial charge in [0.25, 0.3) is 0 Å². The number of aliphatic carboxylic acids is 1. The van der Waals surface area contributed by atoms with E-state index >= 15 is 0 Å². The first-order chi connectivity index (χ1) is 9.95. The van der Waals surface area contributed by atoms with Gasteiger partial charge in [0.15, 0.2) is 0 Å². The zero-order valence-electron chi connectivity index (χ0n) is 13.4. The van der Waals surface area contributed by atoms with Crippen LogP contribution in [0.5, 0.6) is 0 Å². The van der Waals surface area contributed by atoms with Crippen LogP contribution in [0.3, 0.4) is 0 Å². The molecule has 0 radical (unpaired) electrons. The summed E-state index contributed by atoms with van der Waals surface area (Å²) in [7, 11) is 0. The number of ether oxygens (including phenoxy) is 1. The Hall–Kier alpha value is -1.10. The van der Waals surface area contributed by atoms with Crippen LogP contribution in [0.15, 0.2) is 0 Å². The number of carboxylic acid groups (broad SMARTS) is 1. The van der Waals surface area contributed by atoms with Gasteiger partial charge in [0.1, 0.15) is 0 Å². The van der Waals surface area contributed by atoms with E-state index in [-0.39, 0.29) is 18.4 Å². The number of rotatable bonds is 8. The second-order valence-electron chi connectivity index (χ2n) is 6.32. The van der Waals surface area contributed by atoms with Crippen molar-refractivity contribution in [2.75, 3.05) is 19.8 Å². The molecule has 0 spiro atoms. The first kappa shape index (κ1) is 18.0. The van der Waals surface area contributed by atoms with Gasteiger partial charge in [0.05, 0.1) is 5.92 Å². The average Bonchev–Trinajstić information content (AvgIpc) is 2.45. The van der Waals surface area contributed by atoms with Crippen LogP contribution < -0.4 is 5.32 Å². The highest BCUT2D eigenvalue weighted by Gasteiger charge is 2.30. The summed E-state index contributed by atoms with van der Waals surface area (Å²) < 4.78 is 5.27. The van der Waals surface area contributed by atoms with E-state index in [0.717, 1.165) is 19.3 Å². The lowest BCUT2D eigenvalue weighted by Crippen LogP contribution is -2.39. The van der Waals surface area contributed by atoms with Crippen molar-refractivity contribution < 1.29 is 19.4 Å². The SMILES string of the molecule is CCC(CC(=O)NCC(C(=O)O)C1CCOCC1)C(C)C. The maximum Gasteiger partial charge on any atom is 0.308 e. The van der Waals surface area contributed by atoms with Crippen molar-refractivity contribution in [1.29, 1.82) is 0 Å². The fourth-order valence-electron chi connectivity index (χ4n) is 2.96. The molecule has 0 aliphatic carbocycles. The Morgan fingerprint density at radius 3 is 2.38 bits per heavy atom. The van der Waals surface area contributed by atoms with Gasteiger partial charge in [-0.15, -0.1) is 0 Å². The summed E-state index contributed by atoms with van der Waals surface area (Å²) >= 11 is 0. The summed E-state index contributed by atoms with van der Waals surface area (Å²) in [5.41, 5.74) is 0. The molecule has 1 aliphatic heterocycles. The molecule has 0 saturated carbocycles. The zero-order valence-corrected chi connectivity index (χ0v) is 13.4. The molecule has 0 aromatic carbocycles. The van der Waals surface area contributed by atoms with Crippen LogP contribution in [0.1, 0.15) is 46.5 Å². The molecule has 1 heterocycles. The summed E-state index contributed by atoms with van der Waals surface area (Å²) in [5.74, 6) is -0.435. The van der Waals surface area contributed by atoms with Crippen molar-refractivity contribution in [2.24, 2.45) is 23.7 Å². The van der Waals surface area contributed by atoms with Crippen molar-refractivity contribution >= 4 is 11.9 Å². The van der Waals surface area contributed by atoms with Crippen molar-refractivity contribution in [3.8, 4) is 0 Å². The monoisotopic (exact) mass is 299 g/mol. The molecule has 1 rings (SSSR count). The fourth-order valence-corrected chi connectivity index (χ4v) is 2.96. The Labute approximate surface area is 127 Å². The van der Waals surface area contributed by atoms with Crippen LogP contribution in [0.2, 0.25) is 0 Å². The van der Waals surface area contributed by atoms with Crippen LogP contribution in [-0.4, -0.2) is 36.7 Å². The molecule has 122 valence electrons. The number of nitrogens with one attached hydrogen (secondary N) is 1. The highest BCUT2D eigenvalue weighted by atomic mass is 16.5. The molecule has 1 amide bonds. The number of hydrogen-bond donors (Lipinski definition) is 2. The van der Waals surface area contributed by atoms with E-state index < -0.39 is 11.9 Å². The molecule has 21 heavy (non-hydrogen) atoms. The standard InChI is InChI=1S/C16H29NO4/c1-4-12(11(2)3)9-15(18)17-10-14(16(19)20)13-5-7-21-8-6-13/h11-14H,4-10H2,1-3H3,(H,17,18)(H,19,20). The maximum absolute atomic E-state index is 12.0. The maximum atomic E-state index is 12.0. The van der Waals surface area contributed by atoms with Crippen LogP contribution in [0.25, 0.3) is 0 Å². The van der Waals surface area contributed by atoms with Gasteiger partial charge in [0.2, 0.25) is 5.91 Å². The molecule has 2 unspecified atom stereocenters. The smallest absolute Gasteiger partial charge is 0.308 e. The molecule has 2 N–H and O–H groups in total. The van der Waals surface area contributed by atoms with Gasteiger partial charge in [-0.1, -0.05) is 27.2 Å². The molecule has 1 saturated heterocycles. The van der Waals surface area contributed by atoms with Gasteiger partial charge in [-0.3, -0.25) is 9.59 Å². The zero-order chi connectivity index (χ0) is 15.8. The molecule has 2 atom stereocenters. The second-order valence-corrected chi connectivity index (χ2v) is 6.32. The van der Waals surface area contributed by atoms with Crippen molar-refractivity contribution in [3.05, 3.63) is 0 Å². The molecule has 5 nitrogen and oxygen atoms in total. The minimum Gasteiger partial charge on any atom is -0.481 e. The fraction of sp³-hybridized carbons (Fsp3) is 0.875. The normalized spacial score (nSPS) is 19.2. The predicted octanol–water partition coefficient (Wildman–Crippen LogP) is 2.30. The highest BCUT2D eigenvalue weighted by molar-refractivity contribution is 5.77. The third-order valence-electron chi connectivity index (χ3n) is 4.59. The Balaban J connectivity index is 2.45. The van der Waals surface area contributed by atoms with Crippen molar-refractivity contribution in [2.45, 2.75) is 46.5 Å². The Morgan fingerprint density at radius 2 is 1.90 bits per heavy atom. The first-order valence-corrected chi connectivity index (χ1v) is 8.02. The lowest BCUT2D eigenvalue weighted by Gasteiger charge is -2.28. The molecule has 1 fully saturated rings. The highest BCUT2D eigenvalue weighted by Crippen LogP contribution is 2.24. The number of carbonyl (C=O) groups is 2. The quantitative estimate of drug-likeness (QED) is 0.721. The van der Waals surface area contributed by atoms with E-state index in [2.05, 4.69) is 26.1 Å². The molecule has 1 aliphatic rings. The van der Waals surface area contributed by atoms with Crippen molar-refractivity contribution in [3.63, 3.8) is 0 Å². The minimum absolute atomic E-state index is 0.0335. The Bertz CT molecular complexity index is 337. The molecular formula is C16H29NO4. The summed E-state index contributed by atoms with van der Waals surface area (Å²) in [6.45, 7) is 7.78. The van der Waals surface area contributed by atoms with Gasteiger partial charge in [-0.05, 0) is 30.6 Å². The van der Waals surface area contributed by atoms with Crippen molar-refractivity contribution in [1.82, 2.24) is 5.32 Å².